The van der Waals surface area contributed by atoms with E-state index >= 15 is 0 Å². The van der Waals surface area contributed by atoms with Crippen LogP contribution in [0.5, 0.6) is 5.75 Å². The zero-order chi connectivity index (χ0) is 14.1. The number of carbonyl (C=O) groups is 1. The molecule has 0 radical (unpaired) electrons. The molecule has 0 saturated carbocycles. The molecule has 20 heavy (non-hydrogen) atoms. The fourth-order valence-corrected chi connectivity index (χ4v) is 3.57. The Labute approximate surface area is 122 Å². The van der Waals surface area contributed by atoms with Crippen LogP contribution < -0.4 is 5.32 Å². The Bertz CT molecular complexity index is 669. The van der Waals surface area contributed by atoms with Crippen LogP contribution in [-0.2, 0) is 11.2 Å². The molecule has 1 heterocycles. The molecule has 3 nitrogen and oxygen atoms in total. The van der Waals surface area contributed by atoms with Crippen LogP contribution in [0, 0.1) is 6.92 Å². The number of anilines is 1. The number of phenols is 1. The normalized spacial score (nSPS) is 16.8. The van der Waals surface area contributed by atoms with Gasteiger partial charge in [-0.15, -0.1) is 11.8 Å². The summed E-state index contributed by atoms with van der Waals surface area (Å²) in [6, 6.07) is 13.1. The Balaban J connectivity index is 1.73. The van der Waals surface area contributed by atoms with Gasteiger partial charge in [0, 0.05) is 4.90 Å². The predicted molar refractivity (Wildman–Crippen MR) is 81.3 cm³/mol. The average molecular weight is 285 g/mol. The first-order valence-electron chi connectivity index (χ1n) is 6.48. The topological polar surface area (TPSA) is 49.3 Å². The van der Waals surface area contributed by atoms with Crippen molar-refractivity contribution in [1.29, 1.82) is 0 Å². The zero-order valence-electron chi connectivity index (χ0n) is 11.1. The largest absolute Gasteiger partial charge is 0.506 e. The van der Waals surface area contributed by atoms with Crippen LogP contribution in [0.2, 0.25) is 0 Å². The van der Waals surface area contributed by atoms with Crippen LogP contribution in [0.3, 0.4) is 0 Å². The molecule has 0 bridgehead atoms. The minimum atomic E-state index is -0.133. The van der Waals surface area contributed by atoms with Crippen molar-refractivity contribution in [2.75, 3.05) is 5.32 Å². The van der Waals surface area contributed by atoms with Crippen LogP contribution in [-0.4, -0.2) is 16.3 Å². The number of amides is 1. The standard InChI is InChI=1S/C16H15NO2S/c1-10-6-7-11-9-15(20-14(11)8-10)16(19)17-12-4-2-3-5-13(12)18/h2-8,15,18H,9H2,1H3,(H,17,19)/t15-/m1/s1. The minimum Gasteiger partial charge on any atom is -0.506 e. The van der Waals surface area contributed by atoms with Gasteiger partial charge >= 0.3 is 0 Å². The summed E-state index contributed by atoms with van der Waals surface area (Å²) in [6.45, 7) is 2.05. The lowest BCUT2D eigenvalue weighted by Crippen LogP contribution is -2.24. The highest BCUT2D eigenvalue weighted by atomic mass is 32.2. The van der Waals surface area contributed by atoms with Crippen molar-refractivity contribution in [1.82, 2.24) is 0 Å². The molecule has 2 aromatic carbocycles. The van der Waals surface area contributed by atoms with Crippen LogP contribution in [0.1, 0.15) is 11.1 Å². The highest BCUT2D eigenvalue weighted by Crippen LogP contribution is 2.38. The number of nitrogens with one attached hydrogen (secondary N) is 1. The zero-order valence-corrected chi connectivity index (χ0v) is 11.9. The number of aromatic hydroxyl groups is 1. The van der Waals surface area contributed by atoms with Gasteiger partial charge in [0.15, 0.2) is 0 Å². The van der Waals surface area contributed by atoms with Gasteiger partial charge in [-0.25, -0.2) is 0 Å². The summed E-state index contributed by atoms with van der Waals surface area (Å²) >= 11 is 1.59. The number of hydrogen-bond acceptors (Lipinski definition) is 3. The Morgan fingerprint density at radius 2 is 2.10 bits per heavy atom. The number of thioether (sulfide) groups is 1. The quantitative estimate of drug-likeness (QED) is 0.832. The third kappa shape index (κ3) is 2.51. The Kier molecular flexibility index (Phi) is 3.40. The van der Waals surface area contributed by atoms with E-state index in [0.717, 1.165) is 6.42 Å². The maximum absolute atomic E-state index is 12.3. The summed E-state index contributed by atoms with van der Waals surface area (Å²) in [5.41, 5.74) is 2.89. The summed E-state index contributed by atoms with van der Waals surface area (Å²) in [5, 5.41) is 12.3. The van der Waals surface area contributed by atoms with Crippen LogP contribution in [0.15, 0.2) is 47.4 Å². The van der Waals surface area contributed by atoms with E-state index in [4.69, 9.17) is 0 Å². The van der Waals surface area contributed by atoms with Crippen LogP contribution in [0.4, 0.5) is 5.69 Å². The molecular formula is C16H15NO2S. The van der Waals surface area contributed by atoms with E-state index in [1.807, 2.05) is 0 Å². The van der Waals surface area contributed by atoms with Gasteiger partial charge in [0.2, 0.25) is 5.91 Å². The second kappa shape index (κ2) is 5.21. The number of carbonyl (C=O) groups excluding carboxylic acids is 1. The highest BCUT2D eigenvalue weighted by molar-refractivity contribution is 8.01. The maximum Gasteiger partial charge on any atom is 0.238 e. The van der Waals surface area contributed by atoms with E-state index in [9.17, 15) is 9.90 Å². The van der Waals surface area contributed by atoms with Gasteiger partial charge in [0.05, 0.1) is 10.9 Å². The lowest BCUT2D eigenvalue weighted by molar-refractivity contribution is -0.115. The third-order valence-corrected chi connectivity index (χ3v) is 4.65. The monoisotopic (exact) mass is 285 g/mol. The summed E-state index contributed by atoms with van der Waals surface area (Å²) < 4.78 is 0. The molecule has 1 atom stereocenters. The lowest BCUT2D eigenvalue weighted by Gasteiger charge is -2.10. The van der Waals surface area contributed by atoms with Crippen molar-refractivity contribution in [2.45, 2.75) is 23.5 Å². The van der Waals surface area contributed by atoms with Crippen molar-refractivity contribution in [2.24, 2.45) is 0 Å². The van der Waals surface area contributed by atoms with Crippen LogP contribution in [0.25, 0.3) is 0 Å². The molecule has 0 fully saturated rings. The van der Waals surface area contributed by atoms with Gasteiger partial charge in [0.1, 0.15) is 5.75 Å². The van der Waals surface area contributed by atoms with E-state index in [0.29, 0.717) is 5.69 Å². The van der Waals surface area contributed by atoms with Gasteiger partial charge in [-0.3, -0.25) is 4.79 Å². The third-order valence-electron chi connectivity index (χ3n) is 3.35. The Hall–Kier alpha value is -1.94. The van der Waals surface area contributed by atoms with Crippen molar-refractivity contribution >= 4 is 23.4 Å². The predicted octanol–water partition coefficient (Wildman–Crippen LogP) is 3.36. The molecule has 4 heteroatoms. The average Bonchev–Trinajstić information content (AvgIpc) is 2.84. The molecule has 2 N–H and O–H groups in total. The van der Waals surface area contributed by atoms with E-state index in [1.54, 1.807) is 36.0 Å². The molecule has 0 aliphatic carbocycles. The van der Waals surface area contributed by atoms with E-state index in [-0.39, 0.29) is 16.9 Å². The fraction of sp³-hybridized carbons (Fsp3) is 0.188. The Morgan fingerprint density at radius 3 is 2.90 bits per heavy atom. The van der Waals surface area contributed by atoms with E-state index in [1.165, 1.54) is 16.0 Å². The molecule has 1 aliphatic heterocycles. The van der Waals surface area contributed by atoms with Gasteiger partial charge in [0.25, 0.3) is 0 Å². The molecule has 102 valence electrons. The van der Waals surface area contributed by atoms with Crippen molar-refractivity contribution in [3.8, 4) is 5.75 Å². The number of phenolic OH excluding ortho intramolecular Hbond substituents is 1. The fourth-order valence-electron chi connectivity index (χ4n) is 2.27. The molecule has 3 rings (SSSR count). The number of para-hydroxylation sites is 2. The van der Waals surface area contributed by atoms with Gasteiger partial charge in [-0.05, 0) is 37.1 Å². The molecule has 0 unspecified atom stereocenters. The van der Waals surface area contributed by atoms with Crippen molar-refractivity contribution in [3.05, 3.63) is 53.6 Å². The Morgan fingerprint density at radius 1 is 1.30 bits per heavy atom. The minimum absolute atomic E-state index is 0.0645. The smallest absolute Gasteiger partial charge is 0.238 e. The number of benzene rings is 2. The number of hydrogen-bond donors (Lipinski definition) is 2. The summed E-state index contributed by atoms with van der Waals surface area (Å²) in [4.78, 5) is 13.5. The molecule has 0 aromatic heterocycles. The summed E-state index contributed by atoms with van der Waals surface area (Å²) in [7, 11) is 0. The second-order valence-electron chi connectivity index (χ2n) is 4.93. The number of aryl methyl sites for hydroxylation is 1. The van der Waals surface area contributed by atoms with Gasteiger partial charge in [-0.1, -0.05) is 29.8 Å². The summed E-state index contributed by atoms with van der Waals surface area (Å²) in [6.07, 6.45) is 0.736. The van der Waals surface area contributed by atoms with E-state index < -0.39 is 0 Å². The van der Waals surface area contributed by atoms with Gasteiger partial charge < -0.3 is 10.4 Å². The number of fused-ring (bicyclic) bond motifs is 1. The van der Waals surface area contributed by atoms with Crippen molar-refractivity contribution in [3.63, 3.8) is 0 Å². The number of rotatable bonds is 2. The lowest BCUT2D eigenvalue weighted by atomic mass is 10.1. The highest BCUT2D eigenvalue weighted by Gasteiger charge is 2.28. The summed E-state index contributed by atoms with van der Waals surface area (Å²) in [5.74, 6) is 0.0301. The first-order valence-corrected chi connectivity index (χ1v) is 7.36. The molecule has 1 amide bonds. The first-order chi connectivity index (χ1) is 9.63. The van der Waals surface area contributed by atoms with Crippen LogP contribution >= 0.6 is 11.8 Å². The molecule has 2 aromatic rings. The van der Waals surface area contributed by atoms with Crippen molar-refractivity contribution < 1.29 is 9.90 Å². The maximum atomic E-state index is 12.3. The van der Waals surface area contributed by atoms with E-state index in [2.05, 4.69) is 30.4 Å². The second-order valence-corrected chi connectivity index (χ2v) is 6.17. The first kappa shape index (κ1) is 13.1. The molecule has 0 saturated heterocycles. The molecule has 1 aliphatic rings. The molecule has 0 spiro atoms. The SMILES string of the molecule is Cc1ccc2c(c1)S[C@@H](C(=O)Nc1ccccc1O)C2. The van der Waals surface area contributed by atoms with Gasteiger partial charge in [-0.2, -0.15) is 0 Å². The molecular weight excluding hydrogens is 270 g/mol.